The van der Waals surface area contributed by atoms with E-state index in [1.54, 1.807) is 12.1 Å². The van der Waals surface area contributed by atoms with Crippen LogP contribution >= 0.6 is 11.6 Å². The smallest absolute Gasteiger partial charge is 0.293 e. The molecule has 4 atom stereocenters. The minimum atomic E-state index is -4.38. The van der Waals surface area contributed by atoms with Gasteiger partial charge in [0.15, 0.2) is 0 Å². The number of nitrogens with zero attached hydrogens (tertiary/aromatic N) is 3. The molecule has 1 aliphatic heterocycles. The van der Waals surface area contributed by atoms with Crippen LogP contribution in [0.15, 0.2) is 95.9 Å². The number of fused-ring (bicyclic) bond motifs is 2. The quantitative estimate of drug-likeness (QED) is 0.125. The Bertz CT molecular complexity index is 2080. The molecule has 1 amide bonds. The molecule has 4 aromatic carbocycles. The second kappa shape index (κ2) is 14.2. The summed E-state index contributed by atoms with van der Waals surface area (Å²) in [5.74, 6) is 0.614. The number of carbonyl (C=O) groups excluding carboxylic acids is 1. The lowest BCUT2D eigenvalue weighted by Gasteiger charge is -2.62. The lowest BCUT2D eigenvalue weighted by atomic mass is 9.45. The molecule has 3 aliphatic carbocycles. The van der Waals surface area contributed by atoms with Crippen molar-refractivity contribution >= 4 is 44.6 Å². The second-order valence-electron chi connectivity index (χ2n) is 15.1. The van der Waals surface area contributed by atoms with E-state index in [2.05, 4.69) is 58.8 Å². The molecule has 1 saturated heterocycles. The van der Waals surface area contributed by atoms with Gasteiger partial charge in [0.2, 0.25) is 0 Å². The molecule has 8 rings (SSSR count). The maximum atomic E-state index is 13.3. The average molecular weight is 742 g/mol. The maximum Gasteiger partial charge on any atom is 0.293 e. The van der Waals surface area contributed by atoms with E-state index in [0.717, 1.165) is 56.5 Å². The molecule has 2 bridgehead atoms. The number of rotatable bonds is 10. The van der Waals surface area contributed by atoms with Crippen molar-refractivity contribution in [1.82, 2.24) is 9.62 Å². The lowest BCUT2D eigenvalue weighted by Crippen LogP contribution is -2.58. The topological polar surface area (TPSA) is 125 Å². The molecule has 0 unspecified atom stereocenters. The van der Waals surface area contributed by atoms with Gasteiger partial charge in [-0.3, -0.25) is 19.8 Å². The number of nitro groups is 1. The predicted molar refractivity (Wildman–Crippen MR) is 205 cm³/mol. The molecule has 0 aromatic heterocycles. The van der Waals surface area contributed by atoms with Crippen LogP contribution in [0.3, 0.4) is 0 Å². The molecule has 0 spiro atoms. The summed E-state index contributed by atoms with van der Waals surface area (Å²) in [5, 5.41) is 16.1. The highest BCUT2D eigenvalue weighted by molar-refractivity contribution is 7.90. The molecule has 52 heavy (non-hydrogen) atoms. The summed E-state index contributed by atoms with van der Waals surface area (Å²) in [5.41, 5.74) is 4.89. The van der Waals surface area contributed by atoms with Crippen molar-refractivity contribution < 1.29 is 18.1 Å². The zero-order valence-corrected chi connectivity index (χ0v) is 31.2. The molecular weight excluding hydrogens is 698 g/mol. The van der Waals surface area contributed by atoms with Gasteiger partial charge in [0.1, 0.15) is 5.69 Å². The Morgan fingerprint density at radius 1 is 0.942 bits per heavy atom. The maximum absolute atomic E-state index is 13.3. The SMILES string of the molecule is C[C@@H]1[C@H]2C[C@@H](C[C@H]1Nc1ccc(S(=O)(=O)NC(=O)c3ccc(N4CCN(Cc5ccccc5-c5ccc(Cl)cc5)CC4)cc3)cc1[N+](=O)[O-])C2(C)C. The van der Waals surface area contributed by atoms with Crippen molar-refractivity contribution in [2.24, 2.45) is 23.2 Å². The van der Waals surface area contributed by atoms with E-state index in [-0.39, 0.29) is 33.3 Å². The summed E-state index contributed by atoms with van der Waals surface area (Å²) in [6.07, 6.45) is 2.08. The van der Waals surface area contributed by atoms with Gasteiger partial charge in [-0.05, 0) is 101 Å². The van der Waals surface area contributed by atoms with Crippen LogP contribution in [0.5, 0.6) is 0 Å². The number of nitrogens with one attached hydrogen (secondary N) is 2. The van der Waals surface area contributed by atoms with E-state index in [1.165, 1.54) is 29.7 Å². The van der Waals surface area contributed by atoms with Gasteiger partial charge in [-0.25, -0.2) is 13.1 Å². The minimum absolute atomic E-state index is 0.0627. The standard InChI is InChI=1S/C40H44ClN5O5S/c1-26-35-22-30(40(35,2)3)23-37(26)42-36-17-16-33(24-38(36)46(48)49)52(50,51)43-39(47)28-10-14-32(15-11-28)45-20-18-44(19-21-45)25-29-6-4-5-7-34(29)27-8-12-31(41)13-9-27/h4-17,24,26,30,35,37,42H,18-23,25H2,1-3H3,(H,43,47)/t26-,30+,35-,37-/m1/s1. The monoisotopic (exact) mass is 741 g/mol. The van der Waals surface area contributed by atoms with Crippen LogP contribution in [0.4, 0.5) is 17.1 Å². The predicted octanol–water partition coefficient (Wildman–Crippen LogP) is 7.84. The summed E-state index contributed by atoms with van der Waals surface area (Å²) in [6.45, 7) is 10.9. The lowest BCUT2D eigenvalue weighted by molar-refractivity contribution is -0.384. The molecule has 10 nitrogen and oxygen atoms in total. The van der Waals surface area contributed by atoms with Crippen LogP contribution < -0.4 is 14.9 Å². The third kappa shape index (κ3) is 7.14. The van der Waals surface area contributed by atoms with E-state index in [4.69, 9.17) is 11.6 Å². The molecule has 4 fully saturated rings. The first kappa shape index (κ1) is 35.9. The van der Waals surface area contributed by atoms with Crippen molar-refractivity contribution in [1.29, 1.82) is 0 Å². The van der Waals surface area contributed by atoms with Crippen molar-refractivity contribution in [3.63, 3.8) is 0 Å². The Morgan fingerprint density at radius 3 is 2.29 bits per heavy atom. The number of nitro benzene ring substituents is 1. The Balaban J connectivity index is 0.956. The van der Waals surface area contributed by atoms with Gasteiger partial charge in [0.05, 0.1) is 9.82 Å². The van der Waals surface area contributed by atoms with E-state index >= 15 is 0 Å². The highest BCUT2D eigenvalue weighted by Gasteiger charge is 2.56. The first-order chi connectivity index (χ1) is 24.8. The molecule has 3 saturated carbocycles. The first-order valence-corrected chi connectivity index (χ1v) is 19.7. The summed E-state index contributed by atoms with van der Waals surface area (Å²) in [4.78, 5) is 28.9. The number of hydrogen-bond donors (Lipinski definition) is 2. The fourth-order valence-corrected chi connectivity index (χ4v) is 9.65. The zero-order valence-electron chi connectivity index (χ0n) is 29.6. The molecule has 0 radical (unpaired) electrons. The number of carbonyl (C=O) groups is 1. The van der Waals surface area contributed by atoms with Gasteiger partial charge in [0.25, 0.3) is 21.6 Å². The summed E-state index contributed by atoms with van der Waals surface area (Å²) < 4.78 is 28.6. The first-order valence-electron chi connectivity index (χ1n) is 17.8. The van der Waals surface area contributed by atoms with Crippen LogP contribution in [0, 0.1) is 33.3 Å². The number of amides is 1. The number of piperazine rings is 1. The summed E-state index contributed by atoms with van der Waals surface area (Å²) >= 11 is 6.11. The molecule has 4 aliphatic rings. The van der Waals surface area contributed by atoms with Crippen LogP contribution in [0.25, 0.3) is 11.1 Å². The van der Waals surface area contributed by atoms with Gasteiger partial charge in [-0.15, -0.1) is 0 Å². The van der Waals surface area contributed by atoms with Crippen LogP contribution in [0.1, 0.15) is 49.5 Å². The molecular formula is C40H44ClN5O5S. The van der Waals surface area contributed by atoms with Crippen molar-refractivity contribution in [3.8, 4) is 11.1 Å². The summed E-state index contributed by atoms with van der Waals surface area (Å²) in [6, 6.07) is 27.0. The van der Waals surface area contributed by atoms with Gasteiger partial charge in [-0.1, -0.05) is 68.8 Å². The van der Waals surface area contributed by atoms with Crippen LogP contribution in [-0.2, 0) is 16.6 Å². The number of sulfonamides is 1. The van der Waals surface area contributed by atoms with E-state index in [0.29, 0.717) is 22.8 Å². The van der Waals surface area contributed by atoms with Crippen LogP contribution in [-0.4, -0.2) is 56.4 Å². The van der Waals surface area contributed by atoms with Gasteiger partial charge < -0.3 is 10.2 Å². The number of benzene rings is 4. The van der Waals surface area contributed by atoms with E-state index < -0.39 is 20.9 Å². The zero-order chi connectivity index (χ0) is 36.8. The molecule has 4 aromatic rings. The number of anilines is 2. The highest BCUT2D eigenvalue weighted by Crippen LogP contribution is 2.61. The van der Waals surface area contributed by atoms with Gasteiger partial charge in [-0.2, -0.15) is 0 Å². The van der Waals surface area contributed by atoms with Crippen molar-refractivity contribution in [2.45, 2.75) is 51.1 Å². The molecule has 1 heterocycles. The summed E-state index contributed by atoms with van der Waals surface area (Å²) in [7, 11) is -4.38. The Hall–Kier alpha value is -4.45. The Morgan fingerprint density at radius 2 is 1.63 bits per heavy atom. The normalized spacial score (nSPS) is 22.7. The Kier molecular flexibility index (Phi) is 9.79. The number of hydrogen-bond acceptors (Lipinski definition) is 8. The average Bonchev–Trinajstić information content (AvgIpc) is 3.13. The molecule has 2 N–H and O–H groups in total. The third-order valence-corrected chi connectivity index (χ3v) is 13.4. The number of halogens is 1. The molecule has 272 valence electrons. The van der Waals surface area contributed by atoms with Crippen molar-refractivity contribution in [2.75, 3.05) is 36.4 Å². The van der Waals surface area contributed by atoms with Crippen LogP contribution in [0.2, 0.25) is 5.02 Å². The van der Waals surface area contributed by atoms with Gasteiger partial charge in [0, 0.05) is 61.1 Å². The fraction of sp³-hybridized carbons (Fsp3) is 0.375. The molecule has 12 heteroatoms. The third-order valence-electron chi connectivity index (χ3n) is 11.8. The second-order valence-corrected chi connectivity index (χ2v) is 17.2. The minimum Gasteiger partial charge on any atom is -0.376 e. The van der Waals surface area contributed by atoms with Gasteiger partial charge >= 0.3 is 0 Å². The van der Waals surface area contributed by atoms with E-state index in [9.17, 15) is 23.3 Å². The van der Waals surface area contributed by atoms with Crippen molar-refractivity contribution in [3.05, 3.63) is 117 Å². The Labute approximate surface area is 310 Å². The van der Waals surface area contributed by atoms with E-state index in [1.807, 2.05) is 42.5 Å². The largest absolute Gasteiger partial charge is 0.376 e. The fourth-order valence-electron chi connectivity index (χ4n) is 8.53. The highest BCUT2D eigenvalue weighted by atomic mass is 35.5.